The van der Waals surface area contributed by atoms with Crippen LogP contribution < -0.4 is 5.32 Å². The normalized spacial score (nSPS) is 10.7. The maximum absolute atomic E-state index is 11.7. The van der Waals surface area contributed by atoms with Crippen molar-refractivity contribution in [3.05, 3.63) is 36.7 Å². The quantitative estimate of drug-likeness (QED) is 0.725. The van der Waals surface area contributed by atoms with Gasteiger partial charge in [-0.1, -0.05) is 23.9 Å². The molecule has 2 heterocycles. The number of hydrogen-bond acceptors (Lipinski definition) is 5. The van der Waals surface area contributed by atoms with E-state index in [9.17, 15) is 4.79 Å². The molecule has 1 aromatic carbocycles. The molecule has 0 atom stereocenters. The van der Waals surface area contributed by atoms with Crippen LogP contribution >= 0.6 is 23.1 Å². The summed E-state index contributed by atoms with van der Waals surface area (Å²) in [6.07, 6.45) is 3.21. The molecule has 0 aliphatic carbocycles. The minimum atomic E-state index is -0.0642. The monoisotopic (exact) mass is 290 g/mol. The van der Waals surface area contributed by atoms with Gasteiger partial charge in [0.1, 0.15) is 0 Å². The van der Waals surface area contributed by atoms with Crippen molar-refractivity contribution >= 4 is 44.9 Å². The number of H-pyrrole nitrogens is 1. The maximum atomic E-state index is 11.7. The summed E-state index contributed by atoms with van der Waals surface area (Å²) in [4.78, 5) is 16.2. The molecule has 3 aromatic rings. The molecule has 0 saturated carbocycles. The van der Waals surface area contributed by atoms with Crippen molar-refractivity contribution in [1.29, 1.82) is 0 Å². The fraction of sp³-hybridized carbons (Fsp3) is 0.0833. The van der Waals surface area contributed by atoms with Crippen molar-refractivity contribution in [3.63, 3.8) is 0 Å². The van der Waals surface area contributed by atoms with Crippen molar-refractivity contribution in [2.24, 2.45) is 0 Å². The molecule has 0 radical (unpaired) electrons. The molecule has 0 bridgehead atoms. The molecule has 0 saturated heterocycles. The van der Waals surface area contributed by atoms with Crippen LogP contribution in [0.15, 0.2) is 41.0 Å². The highest BCUT2D eigenvalue weighted by Crippen LogP contribution is 2.29. The molecule has 96 valence electrons. The van der Waals surface area contributed by atoms with Crippen LogP contribution in [0.25, 0.3) is 10.2 Å². The second-order valence-corrected chi connectivity index (χ2v) is 6.02. The Bertz CT molecular complexity index is 660. The molecule has 0 aliphatic heterocycles. The average molecular weight is 290 g/mol. The Hall–Kier alpha value is -1.86. The highest BCUT2D eigenvalue weighted by Gasteiger charge is 2.08. The first kappa shape index (κ1) is 12.2. The largest absolute Gasteiger partial charge is 0.323 e. The lowest BCUT2D eigenvalue weighted by molar-refractivity contribution is -0.113. The van der Waals surface area contributed by atoms with Crippen LogP contribution in [0.1, 0.15) is 0 Å². The number of fused-ring (bicyclic) bond motifs is 1. The molecule has 1 amide bonds. The molecule has 2 N–H and O–H groups in total. The molecule has 19 heavy (non-hydrogen) atoms. The van der Waals surface area contributed by atoms with Gasteiger partial charge in [-0.25, -0.2) is 4.98 Å². The Balaban J connectivity index is 1.61. The van der Waals surface area contributed by atoms with E-state index < -0.39 is 0 Å². The fourth-order valence-corrected chi connectivity index (χ4v) is 3.42. The summed E-state index contributed by atoms with van der Waals surface area (Å²) in [6.45, 7) is 0. The molecule has 0 aliphatic rings. The second kappa shape index (κ2) is 5.41. The number of hydrogen-bond donors (Lipinski definition) is 2. The number of aromatic nitrogens is 3. The first-order valence-corrected chi connectivity index (χ1v) is 7.38. The number of amides is 1. The van der Waals surface area contributed by atoms with Crippen molar-refractivity contribution in [1.82, 2.24) is 15.2 Å². The smallest absolute Gasteiger partial charge is 0.234 e. The minimum Gasteiger partial charge on any atom is -0.323 e. The van der Waals surface area contributed by atoms with Crippen molar-refractivity contribution < 1.29 is 4.79 Å². The van der Waals surface area contributed by atoms with E-state index in [1.165, 1.54) is 11.8 Å². The average Bonchev–Trinajstić information content (AvgIpc) is 3.04. The van der Waals surface area contributed by atoms with E-state index in [2.05, 4.69) is 20.5 Å². The van der Waals surface area contributed by atoms with Crippen molar-refractivity contribution in [3.8, 4) is 0 Å². The third kappa shape index (κ3) is 2.94. The number of para-hydroxylation sites is 1. The third-order valence-electron chi connectivity index (χ3n) is 2.38. The summed E-state index contributed by atoms with van der Waals surface area (Å²) in [5.74, 6) is 0.274. The number of nitrogens with one attached hydrogen (secondary N) is 2. The van der Waals surface area contributed by atoms with Crippen LogP contribution in [0.3, 0.4) is 0 Å². The summed E-state index contributed by atoms with van der Waals surface area (Å²) < 4.78 is 2.05. The minimum absolute atomic E-state index is 0.0642. The summed E-state index contributed by atoms with van der Waals surface area (Å²) in [7, 11) is 0. The van der Waals surface area contributed by atoms with Gasteiger partial charge in [-0.3, -0.25) is 9.89 Å². The molecule has 0 unspecified atom stereocenters. The van der Waals surface area contributed by atoms with E-state index in [0.717, 1.165) is 14.6 Å². The maximum Gasteiger partial charge on any atom is 0.234 e. The number of carbonyl (C=O) groups excluding carboxylic acids is 1. The van der Waals surface area contributed by atoms with Crippen molar-refractivity contribution in [2.75, 3.05) is 11.1 Å². The zero-order valence-corrected chi connectivity index (χ0v) is 11.4. The number of benzene rings is 1. The van der Waals surface area contributed by atoms with E-state index in [-0.39, 0.29) is 5.91 Å². The van der Waals surface area contributed by atoms with Gasteiger partial charge >= 0.3 is 0 Å². The number of anilines is 1. The molecule has 7 heteroatoms. The van der Waals surface area contributed by atoms with Crippen LogP contribution in [0.4, 0.5) is 5.69 Å². The van der Waals surface area contributed by atoms with Crippen LogP contribution in [-0.4, -0.2) is 26.8 Å². The highest BCUT2D eigenvalue weighted by molar-refractivity contribution is 8.01. The molecular weight excluding hydrogens is 280 g/mol. The van der Waals surface area contributed by atoms with Gasteiger partial charge in [-0.2, -0.15) is 5.10 Å². The zero-order valence-electron chi connectivity index (χ0n) is 9.79. The predicted molar refractivity (Wildman–Crippen MR) is 77.6 cm³/mol. The predicted octanol–water partition coefficient (Wildman–Crippen LogP) is 2.75. The van der Waals surface area contributed by atoms with Crippen LogP contribution in [0.2, 0.25) is 0 Å². The lowest BCUT2D eigenvalue weighted by Crippen LogP contribution is -2.13. The van der Waals surface area contributed by atoms with E-state index in [1.807, 2.05) is 24.3 Å². The number of aromatic amines is 1. The van der Waals surface area contributed by atoms with E-state index in [4.69, 9.17) is 0 Å². The number of nitrogens with zero attached hydrogens (tertiary/aromatic N) is 2. The van der Waals surface area contributed by atoms with Gasteiger partial charge in [-0.15, -0.1) is 11.3 Å². The summed E-state index contributed by atoms with van der Waals surface area (Å²) >= 11 is 3.04. The van der Waals surface area contributed by atoms with Crippen LogP contribution in [0, 0.1) is 0 Å². The van der Waals surface area contributed by atoms with E-state index in [0.29, 0.717) is 11.4 Å². The first-order chi connectivity index (χ1) is 9.31. The Morgan fingerprint density at radius 1 is 1.42 bits per heavy atom. The summed E-state index contributed by atoms with van der Waals surface area (Å²) in [6, 6.07) is 7.95. The zero-order chi connectivity index (χ0) is 13.1. The van der Waals surface area contributed by atoms with Gasteiger partial charge in [0, 0.05) is 6.20 Å². The van der Waals surface area contributed by atoms with Crippen LogP contribution in [-0.2, 0) is 4.79 Å². The Kier molecular flexibility index (Phi) is 3.47. The van der Waals surface area contributed by atoms with E-state index in [1.54, 1.807) is 23.7 Å². The molecular formula is C12H10N4OS2. The molecule has 5 nitrogen and oxygen atoms in total. The summed E-state index contributed by atoms with van der Waals surface area (Å²) in [5, 5.41) is 9.16. The number of rotatable bonds is 4. The van der Waals surface area contributed by atoms with Gasteiger partial charge < -0.3 is 5.32 Å². The molecule has 0 spiro atoms. The number of carbonyl (C=O) groups is 1. The second-order valence-electron chi connectivity index (χ2n) is 3.77. The van der Waals surface area contributed by atoms with Gasteiger partial charge in [0.15, 0.2) is 4.34 Å². The Morgan fingerprint density at radius 3 is 3.11 bits per heavy atom. The first-order valence-electron chi connectivity index (χ1n) is 5.58. The topological polar surface area (TPSA) is 70.7 Å². The Labute approximate surface area is 117 Å². The lowest BCUT2D eigenvalue weighted by atomic mass is 10.3. The highest BCUT2D eigenvalue weighted by atomic mass is 32.2. The molecule has 3 rings (SSSR count). The third-order valence-corrected chi connectivity index (χ3v) is 4.56. The molecule has 2 aromatic heterocycles. The number of thioether (sulfide) groups is 1. The van der Waals surface area contributed by atoms with E-state index >= 15 is 0 Å². The standard InChI is InChI=1S/C12H10N4OS2/c17-11(15-8-5-13-14-6-8)7-18-12-16-9-3-1-2-4-10(9)19-12/h1-6H,7H2,(H,13,14)(H,15,17). The van der Waals surface area contributed by atoms with Gasteiger partial charge in [0.05, 0.1) is 27.9 Å². The Morgan fingerprint density at radius 2 is 2.32 bits per heavy atom. The van der Waals surface area contributed by atoms with Gasteiger partial charge in [0.2, 0.25) is 5.91 Å². The van der Waals surface area contributed by atoms with Crippen LogP contribution in [0.5, 0.6) is 0 Å². The van der Waals surface area contributed by atoms with Gasteiger partial charge in [0.25, 0.3) is 0 Å². The summed E-state index contributed by atoms with van der Waals surface area (Å²) in [5.41, 5.74) is 1.65. The lowest BCUT2D eigenvalue weighted by Gasteiger charge is -1.99. The SMILES string of the molecule is O=C(CSc1nc2ccccc2s1)Nc1cn[nH]c1. The molecule has 0 fully saturated rings. The number of thiazole rings is 1. The van der Waals surface area contributed by atoms with Gasteiger partial charge in [-0.05, 0) is 12.1 Å². The fourth-order valence-electron chi connectivity index (χ4n) is 1.56. The van der Waals surface area contributed by atoms with Crippen molar-refractivity contribution in [2.45, 2.75) is 4.34 Å².